The lowest BCUT2D eigenvalue weighted by molar-refractivity contribution is -0.0790. The Balaban J connectivity index is 1.84. The largest absolute Gasteiger partial charge is 0.409 e. The lowest BCUT2D eigenvalue weighted by Gasteiger charge is -2.10. The van der Waals surface area contributed by atoms with Crippen molar-refractivity contribution in [3.05, 3.63) is 89.3 Å². The maximum absolute atomic E-state index is 14.8. The summed E-state index contributed by atoms with van der Waals surface area (Å²) in [4.78, 5) is 0. The van der Waals surface area contributed by atoms with Crippen LogP contribution in [0.25, 0.3) is 28.3 Å². The Labute approximate surface area is 183 Å². The van der Waals surface area contributed by atoms with Crippen LogP contribution in [0.3, 0.4) is 0 Å². The van der Waals surface area contributed by atoms with Crippen molar-refractivity contribution in [1.29, 1.82) is 0 Å². The number of halogens is 6. The molecule has 0 amide bonds. The summed E-state index contributed by atoms with van der Waals surface area (Å²) in [6.07, 6.45) is -0.120. The molecule has 0 aliphatic heterocycles. The molecule has 0 N–H and O–H groups in total. The first-order valence-corrected chi connectivity index (χ1v) is 10.3. The molecule has 0 fully saturated rings. The molecule has 0 radical (unpaired) electrons. The van der Waals surface area contributed by atoms with E-state index in [0.29, 0.717) is 11.6 Å². The van der Waals surface area contributed by atoms with Crippen molar-refractivity contribution in [3.63, 3.8) is 0 Å². The Kier molecular flexibility index (Phi) is 7.44. The van der Waals surface area contributed by atoms with Crippen LogP contribution in [-0.2, 0) is 6.42 Å². The van der Waals surface area contributed by atoms with Crippen LogP contribution in [-0.4, -0.2) is 6.18 Å². The molecule has 0 nitrogen and oxygen atoms in total. The second-order valence-corrected chi connectivity index (χ2v) is 7.58. The van der Waals surface area contributed by atoms with Crippen molar-refractivity contribution in [2.24, 2.45) is 0 Å². The Morgan fingerprint density at radius 3 is 1.88 bits per heavy atom. The third kappa shape index (κ3) is 6.02. The molecule has 0 aliphatic carbocycles. The number of hydrogen-bond acceptors (Lipinski definition) is 0. The number of benzene rings is 3. The average Bonchev–Trinajstić information content (AvgIpc) is 2.72. The van der Waals surface area contributed by atoms with Gasteiger partial charge in [-0.1, -0.05) is 56.2 Å². The van der Waals surface area contributed by atoms with Gasteiger partial charge in [0.15, 0.2) is 0 Å². The van der Waals surface area contributed by atoms with Gasteiger partial charge in [0, 0.05) is 22.8 Å². The second-order valence-electron chi connectivity index (χ2n) is 7.58. The van der Waals surface area contributed by atoms with E-state index in [0.717, 1.165) is 43.4 Å². The van der Waals surface area contributed by atoms with Crippen LogP contribution in [0.2, 0.25) is 0 Å². The average molecular weight is 448 g/mol. The summed E-state index contributed by atoms with van der Waals surface area (Å²) in [5.74, 6) is -2.04. The smallest absolute Gasteiger partial charge is 0.206 e. The van der Waals surface area contributed by atoms with Crippen LogP contribution in [0.5, 0.6) is 0 Å². The molecule has 0 unspecified atom stereocenters. The Bertz CT molecular complexity index is 1110. The number of unbranched alkanes of at least 4 members (excludes halogenated alkanes) is 2. The van der Waals surface area contributed by atoms with Gasteiger partial charge in [-0.25, -0.2) is 13.2 Å². The summed E-state index contributed by atoms with van der Waals surface area (Å²) in [5, 5.41) is 0. The molecule has 0 atom stereocenters. The number of alkyl halides is 3. The van der Waals surface area contributed by atoms with Crippen LogP contribution >= 0.6 is 0 Å². The maximum Gasteiger partial charge on any atom is 0.409 e. The fourth-order valence-electron chi connectivity index (χ4n) is 3.46. The Morgan fingerprint density at radius 1 is 0.719 bits per heavy atom. The van der Waals surface area contributed by atoms with Crippen molar-refractivity contribution < 1.29 is 26.3 Å². The number of hydrogen-bond donors (Lipinski definition) is 0. The number of aryl methyl sites for hydroxylation is 1. The van der Waals surface area contributed by atoms with E-state index in [4.69, 9.17) is 0 Å². The summed E-state index contributed by atoms with van der Waals surface area (Å²) in [5.41, 5.74) is 1.46. The van der Waals surface area contributed by atoms with E-state index in [-0.39, 0.29) is 28.3 Å². The van der Waals surface area contributed by atoms with Gasteiger partial charge in [0.2, 0.25) is 0 Å². The molecule has 168 valence electrons. The molecule has 6 heteroatoms. The molecule has 0 heterocycles. The third-order valence-corrected chi connectivity index (χ3v) is 5.15. The molecule has 32 heavy (non-hydrogen) atoms. The van der Waals surface area contributed by atoms with Crippen LogP contribution in [0.1, 0.15) is 37.3 Å². The summed E-state index contributed by atoms with van der Waals surface area (Å²) < 4.78 is 80.4. The lowest BCUT2D eigenvalue weighted by Crippen LogP contribution is -2.00. The molecule has 0 saturated heterocycles. The Hall–Kier alpha value is -3.02. The highest BCUT2D eigenvalue weighted by molar-refractivity contribution is 5.72. The zero-order chi connectivity index (χ0) is 23.3. The standard InChI is InChI=1S/C26H22F6/c1-2-3-4-5-17-6-10-21(24(28)14-17)20-9-11-22(25(29)16-20)19-8-7-18(23(27)15-19)12-13-26(30,31)32/h6-16H,2-5H2,1H3. The fourth-order valence-corrected chi connectivity index (χ4v) is 3.46. The first kappa shape index (κ1) is 23.6. The van der Waals surface area contributed by atoms with E-state index in [1.54, 1.807) is 6.07 Å². The van der Waals surface area contributed by atoms with Gasteiger partial charge in [-0.15, -0.1) is 0 Å². The quantitative estimate of drug-likeness (QED) is 0.250. The molecular weight excluding hydrogens is 426 g/mol. The number of allylic oxidation sites excluding steroid dienone is 1. The van der Waals surface area contributed by atoms with Gasteiger partial charge in [-0.3, -0.25) is 0 Å². The molecule has 0 aromatic heterocycles. The molecule has 0 spiro atoms. The number of rotatable bonds is 7. The van der Waals surface area contributed by atoms with Gasteiger partial charge in [0.25, 0.3) is 0 Å². The first-order valence-electron chi connectivity index (χ1n) is 10.3. The van der Waals surface area contributed by atoms with Gasteiger partial charge >= 0.3 is 6.18 Å². The molecule has 0 aliphatic rings. The zero-order valence-corrected chi connectivity index (χ0v) is 17.4. The predicted octanol–water partition coefficient (Wildman–Crippen LogP) is 8.75. The van der Waals surface area contributed by atoms with Gasteiger partial charge < -0.3 is 0 Å². The monoisotopic (exact) mass is 448 g/mol. The summed E-state index contributed by atoms with van der Waals surface area (Å²) in [7, 11) is 0. The van der Waals surface area contributed by atoms with E-state index < -0.39 is 23.6 Å². The van der Waals surface area contributed by atoms with E-state index >= 15 is 0 Å². The molecule has 3 aromatic carbocycles. The topological polar surface area (TPSA) is 0 Å². The van der Waals surface area contributed by atoms with Crippen LogP contribution < -0.4 is 0 Å². The summed E-state index contributed by atoms with van der Waals surface area (Å²) >= 11 is 0. The molecule has 0 saturated carbocycles. The minimum absolute atomic E-state index is 0.0654. The van der Waals surface area contributed by atoms with Gasteiger partial charge in [0.1, 0.15) is 17.5 Å². The van der Waals surface area contributed by atoms with Gasteiger partial charge in [0.05, 0.1) is 0 Å². The van der Waals surface area contributed by atoms with Gasteiger partial charge in [-0.05, 0) is 53.8 Å². The van der Waals surface area contributed by atoms with E-state index in [9.17, 15) is 26.3 Å². The van der Waals surface area contributed by atoms with Crippen molar-refractivity contribution in [2.75, 3.05) is 0 Å². The first-order chi connectivity index (χ1) is 15.2. The maximum atomic E-state index is 14.8. The zero-order valence-electron chi connectivity index (χ0n) is 17.4. The fraction of sp³-hybridized carbons (Fsp3) is 0.231. The normalized spacial score (nSPS) is 12.0. The van der Waals surface area contributed by atoms with Crippen molar-refractivity contribution >= 4 is 6.08 Å². The Morgan fingerprint density at radius 2 is 1.31 bits per heavy atom. The molecular formula is C26H22F6. The molecule has 3 aromatic rings. The predicted molar refractivity (Wildman–Crippen MR) is 116 cm³/mol. The van der Waals surface area contributed by atoms with E-state index in [1.807, 2.05) is 6.07 Å². The minimum atomic E-state index is -4.56. The van der Waals surface area contributed by atoms with Gasteiger partial charge in [-0.2, -0.15) is 13.2 Å². The van der Waals surface area contributed by atoms with Crippen LogP contribution in [0.15, 0.2) is 60.7 Å². The minimum Gasteiger partial charge on any atom is -0.206 e. The highest BCUT2D eigenvalue weighted by Gasteiger charge is 2.22. The third-order valence-electron chi connectivity index (χ3n) is 5.15. The van der Waals surface area contributed by atoms with Crippen molar-refractivity contribution in [2.45, 2.75) is 38.8 Å². The van der Waals surface area contributed by atoms with Crippen molar-refractivity contribution in [3.8, 4) is 22.3 Å². The summed E-state index contributed by atoms with van der Waals surface area (Å²) in [6.45, 7) is 2.09. The lowest BCUT2D eigenvalue weighted by atomic mass is 9.97. The highest BCUT2D eigenvalue weighted by atomic mass is 19.4. The van der Waals surface area contributed by atoms with Crippen LogP contribution in [0.4, 0.5) is 26.3 Å². The SMILES string of the molecule is CCCCCc1ccc(-c2ccc(-c3ccc(C=CC(F)(F)F)c(F)c3)c(F)c2)c(F)c1. The summed E-state index contributed by atoms with van der Waals surface area (Å²) in [6, 6.07) is 12.5. The second kappa shape index (κ2) is 10.1. The molecule has 0 bridgehead atoms. The molecule has 3 rings (SSSR count). The van der Waals surface area contributed by atoms with Crippen molar-refractivity contribution in [1.82, 2.24) is 0 Å². The van der Waals surface area contributed by atoms with E-state index in [2.05, 4.69) is 6.92 Å². The van der Waals surface area contributed by atoms with Crippen LogP contribution in [0, 0.1) is 17.5 Å². The van der Waals surface area contributed by atoms with E-state index in [1.165, 1.54) is 30.3 Å². The highest BCUT2D eigenvalue weighted by Crippen LogP contribution is 2.31.